The first kappa shape index (κ1) is 18.6. The number of benzene rings is 2. The lowest BCUT2D eigenvalue weighted by molar-refractivity contribution is -0.117. The van der Waals surface area contributed by atoms with Crippen LogP contribution in [0.5, 0.6) is 0 Å². The van der Waals surface area contributed by atoms with Crippen molar-refractivity contribution < 1.29 is 4.79 Å². The van der Waals surface area contributed by atoms with Gasteiger partial charge in [0, 0.05) is 15.4 Å². The molecule has 4 rings (SSSR count). The molecule has 0 N–H and O–H groups in total. The second-order valence-corrected chi connectivity index (χ2v) is 8.07. The molecular weight excluding hydrogens is 438 g/mol. The number of thiazole rings is 1. The Kier molecular flexibility index (Phi) is 5.15. The lowest BCUT2D eigenvalue weighted by Crippen LogP contribution is -2.29. The van der Waals surface area contributed by atoms with Crippen molar-refractivity contribution in [2.75, 3.05) is 5.01 Å². The molecule has 0 aliphatic carbocycles. The maximum absolute atomic E-state index is 12.8. The summed E-state index contributed by atoms with van der Waals surface area (Å²) >= 11 is 4.80. The van der Waals surface area contributed by atoms with Crippen molar-refractivity contribution in [1.29, 1.82) is 0 Å². The van der Waals surface area contributed by atoms with Gasteiger partial charge in [-0.15, -0.1) is 11.3 Å². The van der Waals surface area contributed by atoms with Gasteiger partial charge in [0.05, 0.1) is 17.1 Å². The zero-order valence-electron chi connectivity index (χ0n) is 15.2. The summed E-state index contributed by atoms with van der Waals surface area (Å²) in [4.78, 5) is 17.4. The smallest absolute Gasteiger partial charge is 0.269 e. The van der Waals surface area contributed by atoms with Gasteiger partial charge in [-0.3, -0.25) is 4.79 Å². The van der Waals surface area contributed by atoms with E-state index in [2.05, 4.69) is 36.2 Å². The van der Waals surface area contributed by atoms with Crippen LogP contribution >= 0.6 is 27.3 Å². The Morgan fingerprint density at radius 2 is 1.86 bits per heavy atom. The topological polar surface area (TPSA) is 70.3 Å². The number of aromatic nitrogens is 1. The maximum atomic E-state index is 12.8. The van der Waals surface area contributed by atoms with E-state index in [1.807, 2.05) is 60.8 Å². The fourth-order valence-corrected chi connectivity index (χ4v) is 3.79. The minimum Gasteiger partial charge on any atom is -0.269 e. The second-order valence-electron chi connectivity index (χ2n) is 6.32. The number of hydrazone groups is 1. The number of carbonyl (C=O) groups is 1. The molecule has 0 unspecified atom stereocenters. The Morgan fingerprint density at radius 1 is 1.11 bits per heavy atom. The molecule has 0 saturated heterocycles. The van der Waals surface area contributed by atoms with Crippen LogP contribution in [0.3, 0.4) is 0 Å². The largest absolute Gasteiger partial charge is 0.282 e. The average Bonchev–Trinajstić information content (AvgIpc) is 3.27. The molecule has 0 spiro atoms. The van der Waals surface area contributed by atoms with Gasteiger partial charge in [-0.1, -0.05) is 46.3 Å². The summed E-state index contributed by atoms with van der Waals surface area (Å²) in [7, 11) is 0. The third-order valence-corrected chi connectivity index (χ3v) is 5.65. The molecule has 0 fully saturated rings. The van der Waals surface area contributed by atoms with Crippen LogP contribution in [0, 0.1) is 6.92 Å². The summed E-state index contributed by atoms with van der Waals surface area (Å²) < 4.78 is 1.00. The predicted octanol–water partition coefficient (Wildman–Crippen LogP) is 5.76. The van der Waals surface area contributed by atoms with Crippen molar-refractivity contribution >= 4 is 49.7 Å². The summed E-state index contributed by atoms with van der Waals surface area (Å²) in [5.41, 5.74) is 4.13. The number of carbonyl (C=O) groups excluding carboxylic acids is 1. The van der Waals surface area contributed by atoms with Crippen LogP contribution in [0.15, 0.2) is 73.7 Å². The normalized spacial score (nSPS) is 16.8. The highest BCUT2D eigenvalue weighted by molar-refractivity contribution is 9.10. The molecule has 0 bridgehead atoms. The van der Waals surface area contributed by atoms with Crippen molar-refractivity contribution in [2.45, 2.75) is 19.9 Å². The van der Waals surface area contributed by atoms with Crippen molar-refractivity contribution in [2.24, 2.45) is 15.3 Å². The summed E-state index contributed by atoms with van der Waals surface area (Å²) in [6.45, 7) is 3.74. The Balaban J connectivity index is 1.55. The molecular formula is C20H16BrN5OS. The van der Waals surface area contributed by atoms with E-state index in [4.69, 9.17) is 0 Å². The quantitative estimate of drug-likeness (QED) is 0.471. The van der Waals surface area contributed by atoms with Crippen LogP contribution in [0.2, 0.25) is 0 Å². The molecule has 1 atom stereocenters. The van der Waals surface area contributed by atoms with Crippen LogP contribution in [0.4, 0.5) is 10.8 Å². The van der Waals surface area contributed by atoms with Gasteiger partial charge in [-0.05, 0) is 37.6 Å². The fraction of sp³-hybridized carbons (Fsp3) is 0.150. The molecule has 8 heteroatoms. The van der Waals surface area contributed by atoms with Crippen molar-refractivity contribution in [3.05, 3.63) is 63.9 Å². The lowest BCUT2D eigenvalue weighted by atomic mass is 10.2. The Labute approximate surface area is 174 Å². The second kappa shape index (κ2) is 7.73. The van der Waals surface area contributed by atoms with Gasteiger partial charge in [0.15, 0.2) is 6.04 Å². The van der Waals surface area contributed by atoms with E-state index in [0.717, 1.165) is 27.0 Å². The molecule has 0 saturated carbocycles. The SMILES string of the molecule is CC1=NN(c2nc(-c3ccc(Br)cc3)cs2)C(=O)[C@@H]1N=Nc1ccccc1C. The summed E-state index contributed by atoms with van der Waals surface area (Å²) in [5.74, 6) is -0.244. The van der Waals surface area contributed by atoms with Gasteiger partial charge in [0.25, 0.3) is 5.91 Å². The zero-order chi connectivity index (χ0) is 19.7. The van der Waals surface area contributed by atoms with Crippen LogP contribution in [0.1, 0.15) is 12.5 Å². The minimum absolute atomic E-state index is 0.244. The Bertz CT molecular complexity index is 1090. The van der Waals surface area contributed by atoms with Gasteiger partial charge in [-0.2, -0.15) is 20.3 Å². The van der Waals surface area contributed by atoms with Gasteiger partial charge in [0.1, 0.15) is 0 Å². The van der Waals surface area contributed by atoms with Gasteiger partial charge >= 0.3 is 0 Å². The molecule has 6 nitrogen and oxygen atoms in total. The number of azo groups is 1. The number of rotatable bonds is 4. The van der Waals surface area contributed by atoms with E-state index in [1.165, 1.54) is 16.3 Å². The van der Waals surface area contributed by atoms with E-state index in [9.17, 15) is 4.79 Å². The number of anilines is 1. The number of aryl methyl sites for hydroxylation is 1. The third kappa shape index (κ3) is 3.65. The molecule has 1 amide bonds. The van der Waals surface area contributed by atoms with E-state index in [0.29, 0.717) is 10.8 Å². The molecule has 140 valence electrons. The molecule has 1 aliphatic rings. The van der Waals surface area contributed by atoms with E-state index < -0.39 is 6.04 Å². The van der Waals surface area contributed by atoms with Gasteiger partial charge in [0.2, 0.25) is 5.13 Å². The number of hydrogen-bond donors (Lipinski definition) is 0. The fourth-order valence-electron chi connectivity index (χ4n) is 2.74. The van der Waals surface area contributed by atoms with Crippen LogP contribution in [-0.4, -0.2) is 22.6 Å². The van der Waals surface area contributed by atoms with Crippen LogP contribution in [-0.2, 0) is 4.79 Å². The standard InChI is InChI=1S/C20H16BrN5OS/c1-12-5-3-4-6-16(12)23-24-18-13(2)25-26(19(18)27)20-22-17(11-28-20)14-7-9-15(21)10-8-14/h3-11,18H,1-2H3/t18-/m1/s1. The lowest BCUT2D eigenvalue weighted by Gasteiger charge is -2.08. The van der Waals surface area contributed by atoms with Crippen LogP contribution in [0.25, 0.3) is 11.3 Å². The van der Waals surface area contributed by atoms with Crippen LogP contribution < -0.4 is 5.01 Å². The third-order valence-electron chi connectivity index (χ3n) is 4.31. The Morgan fingerprint density at radius 3 is 2.61 bits per heavy atom. The maximum Gasteiger partial charge on any atom is 0.282 e. The zero-order valence-corrected chi connectivity index (χ0v) is 17.6. The number of nitrogens with zero attached hydrogens (tertiary/aromatic N) is 5. The monoisotopic (exact) mass is 453 g/mol. The van der Waals surface area contributed by atoms with E-state index in [-0.39, 0.29) is 5.91 Å². The van der Waals surface area contributed by atoms with Gasteiger partial charge in [-0.25, -0.2) is 4.98 Å². The van der Waals surface area contributed by atoms with Crippen molar-refractivity contribution in [3.63, 3.8) is 0 Å². The highest BCUT2D eigenvalue weighted by Gasteiger charge is 2.36. The summed E-state index contributed by atoms with van der Waals surface area (Å²) in [5, 5.41) is 16.6. The van der Waals surface area contributed by atoms with Gasteiger partial charge < -0.3 is 0 Å². The molecule has 2 aromatic carbocycles. The number of amides is 1. The average molecular weight is 454 g/mol. The minimum atomic E-state index is -0.723. The van der Waals surface area contributed by atoms with E-state index in [1.54, 1.807) is 6.92 Å². The molecule has 28 heavy (non-hydrogen) atoms. The first-order chi connectivity index (χ1) is 13.5. The molecule has 1 aromatic heterocycles. The molecule has 2 heterocycles. The van der Waals surface area contributed by atoms with Crippen molar-refractivity contribution in [1.82, 2.24) is 4.98 Å². The highest BCUT2D eigenvalue weighted by atomic mass is 79.9. The molecule has 1 aliphatic heterocycles. The summed E-state index contributed by atoms with van der Waals surface area (Å²) in [6, 6.07) is 14.8. The molecule has 0 radical (unpaired) electrons. The number of hydrogen-bond acceptors (Lipinski definition) is 6. The summed E-state index contributed by atoms with van der Waals surface area (Å²) in [6.07, 6.45) is 0. The first-order valence-electron chi connectivity index (χ1n) is 8.60. The predicted molar refractivity (Wildman–Crippen MR) is 115 cm³/mol. The Hall–Kier alpha value is -2.71. The number of halogens is 1. The first-order valence-corrected chi connectivity index (χ1v) is 10.3. The van der Waals surface area contributed by atoms with Crippen molar-refractivity contribution in [3.8, 4) is 11.3 Å². The highest BCUT2D eigenvalue weighted by Crippen LogP contribution is 2.31. The molecule has 3 aromatic rings. The van der Waals surface area contributed by atoms with E-state index >= 15 is 0 Å².